The van der Waals surface area contributed by atoms with Gasteiger partial charge in [0.15, 0.2) is 0 Å². The van der Waals surface area contributed by atoms with Gasteiger partial charge in [-0.15, -0.1) is 0 Å². The Labute approximate surface area is 110 Å². The molecule has 2 aromatic heterocycles. The number of rotatable bonds is 5. The van der Waals surface area contributed by atoms with Gasteiger partial charge in [-0.05, 0) is 6.07 Å². The number of anilines is 1. The number of hydrogen-bond acceptors (Lipinski definition) is 5. The van der Waals surface area contributed by atoms with Gasteiger partial charge in [0, 0.05) is 31.9 Å². The molecule has 0 atom stereocenters. The van der Waals surface area contributed by atoms with Crippen molar-refractivity contribution in [1.82, 2.24) is 19.7 Å². The molecule has 3 N–H and O–H groups in total. The Morgan fingerprint density at radius 1 is 1.44 bits per heavy atom. The van der Waals surface area contributed by atoms with Crippen LogP contribution in [0, 0.1) is 0 Å². The van der Waals surface area contributed by atoms with E-state index < -0.39 is 0 Å². The standard InChI is InChI=1S/C11H14N6S/c1-17-8(3-5-16-17)2-4-13-10-7-14-9(6-15-10)11(12)18/h3,5-7H,2,4H2,1H3,(H2,12,18)(H,13,15). The second-order valence-electron chi connectivity index (χ2n) is 3.77. The van der Waals surface area contributed by atoms with E-state index in [2.05, 4.69) is 20.4 Å². The molecule has 0 unspecified atom stereocenters. The Bertz CT molecular complexity index is 533. The summed E-state index contributed by atoms with van der Waals surface area (Å²) in [5, 5.41) is 7.28. The molecule has 0 saturated carbocycles. The van der Waals surface area contributed by atoms with Gasteiger partial charge in [-0.25, -0.2) is 9.97 Å². The zero-order valence-electron chi connectivity index (χ0n) is 10.00. The fraction of sp³-hybridized carbons (Fsp3) is 0.273. The summed E-state index contributed by atoms with van der Waals surface area (Å²) >= 11 is 4.81. The summed E-state index contributed by atoms with van der Waals surface area (Å²) < 4.78 is 1.85. The van der Waals surface area contributed by atoms with Gasteiger partial charge in [0.1, 0.15) is 16.5 Å². The largest absolute Gasteiger partial charge is 0.388 e. The van der Waals surface area contributed by atoms with Gasteiger partial charge in [-0.3, -0.25) is 4.68 Å². The van der Waals surface area contributed by atoms with E-state index in [9.17, 15) is 0 Å². The van der Waals surface area contributed by atoms with E-state index in [4.69, 9.17) is 18.0 Å². The molecule has 2 heterocycles. The quantitative estimate of drug-likeness (QED) is 0.764. The van der Waals surface area contributed by atoms with Crippen molar-refractivity contribution in [3.8, 4) is 0 Å². The van der Waals surface area contributed by atoms with E-state index >= 15 is 0 Å². The molecule has 2 aromatic rings. The molecule has 0 saturated heterocycles. The summed E-state index contributed by atoms with van der Waals surface area (Å²) in [5.74, 6) is 0.706. The summed E-state index contributed by atoms with van der Waals surface area (Å²) in [6.07, 6.45) is 5.84. The molecule has 0 aliphatic carbocycles. The van der Waals surface area contributed by atoms with E-state index in [1.54, 1.807) is 18.6 Å². The molecule has 0 radical (unpaired) electrons. The number of nitrogens with zero attached hydrogens (tertiary/aromatic N) is 4. The van der Waals surface area contributed by atoms with E-state index in [-0.39, 0.29) is 4.99 Å². The molecule has 7 heteroatoms. The van der Waals surface area contributed by atoms with Crippen molar-refractivity contribution < 1.29 is 0 Å². The Morgan fingerprint density at radius 3 is 2.83 bits per heavy atom. The summed E-state index contributed by atoms with van der Waals surface area (Å²) in [5.41, 5.74) is 7.14. The van der Waals surface area contributed by atoms with Crippen molar-refractivity contribution in [3.63, 3.8) is 0 Å². The van der Waals surface area contributed by atoms with Crippen LogP contribution in [0.25, 0.3) is 0 Å². The maximum atomic E-state index is 5.44. The molecule has 0 bridgehead atoms. The van der Waals surface area contributed by atoms with Crippen molar-refractivity contribution in [2.24, 2.45) is 12.8 Å². The smallest absolute Gasteiger partial charge is 0.144 e. The second-order valence-corrected chi connectivity index (χ2v) is 4.21. The minimum atomic E-state index is 0.254. The third kappa shape index (κ3) is 3.01. The van der Waals surface area contributed by atoms with Crippen molar-refractivity contribution in [3.05, 3.63) is 36.0 Å². The molecule has 0 spiro atoms. The molecule has 0 aromatic carbocycles. The van der Waals surface area contributed by atoms with Gasteiger partial charge in [0.25, 0.3) is 0 Å². The molecule has 0 amide bonds. The number of thiocarbonyl (C=S) groups is 1. The fourth-order valence-corrected chi connectivity index (χ4v) is 1.62. The highest BCUT2D eigenvalue weighted by Crippen LogP contribution is 2.02. The van der Waals surface area contributed by atoms with Crippen LogP contribution in [-0.4, -0.2) is 31.3 Å². The maximum absolute atomic E-state index is 5.44. The third-order valence-corrected chi connectivity index (χ3v) is 2.72. The lowest BCUT2D eigenvalue weighted by atomic mass is 10.3. The van der Waals surface area contributed by atoms with Crippen LogP contribution in [0.3, 0.4) is 0 Å². The first-order valence-corrected chi connectivity index (χ1v) is 5.90. The highest BCUT2D eigenvalue weighted by atomic mass is 32.1. The lowest BCUT2D eigenvalue weighted by Gasteiger charge is -2.06. The zero-order chi connectivity index (χ0) is 13.0. The van der Waals surface area contributed by atoms with E-state index in [0.29, 0.717) is 11.5 Å². The summed E-state index contributed by atoms with van der Waals surface area (Å²) in [7, 11) is 1.92. The number of nitrogens with one attached hydrogen (secondary N) is 1. The van der Waals surface area contributed by atoms with Crippen LogP contribution in [0.15, 0.2) is 24.7 Å². The van der Waals surface area contributed by atoms with Crippen LogP contribution >= 0.6 is 12.2 Å². The van der Waals surface area contributed by atoms with Gasteiger partial charge in [-0.2, -0.15) is 5.10 Å². The Kier molecular flexibility index (Phi) is 3.83. The minimum Gasteiger partial charge on any atom is -0.388 e. The van der Waals surface area contributed by atoms with E-state index in [0.717, 1.165) is 18.7 Å². The minimum absolute atomic E-state index is 0.254. The lowest BCUT2D eigenvalue weighted by Crippen LogP contribution is -2.13. The second kappa shape index (κ2) is 5.54. The summed E-state index contributed by atoms with van der Waals surface area (Å²) in [6.45, 7) is 0.765. The molecule has 6 nitrogen and oxygen atoms in total. The molecule has 2 rings (SSSR count). The van der Waals surface area contributed by atoms with Crippen LogP contribution in [0.4, 0.5) is 5.82 Å². The van der Waals surface area contributed by atoms with Gasteiger partial charge in [0.2, 0.25) is 0 Å². The van der Waals surface area contributed by atoms with Crippen molar-refractivity contribution in [2.75, 3.05) is 11.9 Å². The van der Waals surface area contributed by atoms with Gasteiger partial charge in [-0.1, -0.05) is 12.2 Å². The van der Waals surface area contributed by atoms with E-state index in [1.165, 1.54) is 0 Å². The van der Waals surface area contributed by atoms with Crippen LogP contribution in [0.5, 0.6) is 0 Å². The Balaban J connectivity index is 1.87. The molecule has 0 aliphatic rings. The Hall–Kier alpha value is -2.02. The van der Waals surface area contributed by atoms with E-state index in [1.807, 2.05) is 17.8 Å². The predicted octanol–water partition coefficient (Wildman–Crippen LogP) is 0.499. The van der Waals surface area contributed by atoms with Crippen LogP contribution < -0.4 is 11.1 Å². The van der Waals surface area contributed by atoms with Crippen molar-refractivity contribution >= 4 is 23.0 Å². The molecule has 0 aliphatic heterocycles. The first-order chi connectivity index (χ1) is 8.66. The number of aromatic nitrogens is 4. The SMILES string of the molecule is Cn1nccc1CCNc1cnc(C(N)=S)cn1. The summed E-state index contributed by atoms with van der Waals surface area (Å²) in [6, 6.07) is 1.99. The van der Waals surface area contributed by atoms with Crippen molar-refractivity contribution in [2.45, 2.75) is 6.42 Å². The normalized spacial score (nSPS) is 10.3. The van der Waals surface area contributed by atoms with Gasteiger partial charge < -0.3 is 11.1 Å². The number of hydrogen-bond donors (Lipinski definition) is 2. The molecule has 0 fully saturated rings. The highest BCUT2D eigenvalue weighted by molar-refractivity contribution is 7.80. The first-order valence-electron chi connectivity index (χ1n) is 5.49. The zero-order valence-corrected chi connectivity index (χ0v) is 10.8. The Morgan fingerprint density at radius 2 is 2.28 bits per heavy atom. The first kappa shape index (κ1) is 12.4. The lowest BCUT2D eigenvalue weighted by molar-refractivity contribution is 0.711. The maximum Gasteiger partial charge on any atom is 0.144 e. The number of aryl methyl sites for hydroxylation is 1. The average Bonchev–Trinajstić information content (AvgIpc) is 2.76. The molecule has 18 heavy (non-hydrogen) atoms. The van der Waals surface area contributed by atoms with Crippen LogP contribution in [0.2, 0.25) is 0 Å². The van der Waals surface area contributed by atoms with Crippen molar-refractivity contribution in [1.29, 1.82) is 0 Å². The highest BCUT2D eigenvalue weighted by Gasteiger charge is 2.01. The summed E-state index contributed by atoms with van der Waals surface area (Å²) in [4.78, 5) is 8.53. The average molecular weight is 262 g/mol. The molecule has 94 valence electrons. The molecular weight excluding hydrogens is 248 g/mol. The predicted molar refractivity (Wildman–Crippen MR) is 73.3 cm³/mol. The topological polar surface area (TPSA) is 81.7 Å². The van der Waals surface area contributed by atoms with Gasteiger partial charge >= 0.3 is 0 Å². The monoisotopic (exact) mass is 262 g/mol. The van der Waals surface area contributed by atoms with Crippen LogP contribution in [-0.2, 0) is 13.5 Å². The van der Waals surface area contributed by atoms with Gasteiger partial charge in [0.05, 0.1) is 12.4 Å². The number of nitrogens with two attached hydrogens (primary N) is 1. The van der Waals surface area contributed by atoms with Crippen LogP contribution in [0.1, 0.15) is 11.4 Å². The molecular formula is C11H14N6S. The fourth-order valence-electron chi connectivity index (χ4n) is 1.51. The third-order valence-electron chi connectivity index (χ3n) is 2.51.